The number of rotatable bonds is 6. The summed E-state index contributed by atoms with van der Waals surface area (Å²) in [6, 6.07) is 7.76. The third-order valence-corrected chi connectivity index (χ3v) is 6.08. The Bertz CT molecular complexity index is 713. The summed E-state index contributed by atoms with van der Waals surface area (Å²) >= 11 is 0. The van der Waals surface area contributed by atoms with Crippen molar-refractivity contribution in [3.8, 4) is 17.6 Å². The maximum Gasteiger partial charge on any atom is 0.320 e. The Morgan fingerprint density at radius 2 is 1.96 bits per heavy atom. The number of carbonyl (C=O) groups is 1. The maximum absolute atomic E-state index is 11.2. The number of aliphatic carboxylic acids is 1. The third kappa shape index (κ3) is 4.03. The van der Waals surface area contributed by atoms with Gasteiger partial charge >= 0.3 is 5.97 Å². The lowest BCUT2D eigenvalue weighted by Gasteiger charge is -2.39. The molecule has 0 spiro atoms. The van der Waals surface area contributed by atoms with Crippen LogP contribution >= 0.6 is 0 Å². The number of hydrogen-bond acceptors (Lipinski definition) is 5. The fraction of sp³-hybridized carbons (Fsp3) is 0.619. The first-order valence-electron chi connectivity index (χ1n) is 9.72. The number of ether oxygens (including phenoxy) is 2. The van der Waals surface area contributed by atoms with Crippen molar-refractivity contribution in [2.75, 3.05) is 20.2 Å². The maximum atomic E-state index is 11.2. The van der Waals surface area contributed by atoms with Gasteiger partial charge in [-0.2, -0.15) is 5.26 Å². The molecule has 1 aromatic rings. The Hall–Kier alpha value is -2.26. The highest BCUT2D eigenvalue weighted by Gasteiger charge is 2.39. The molecule has 3 rings (SSSR count). The van der Waals surface area contributed by atoms with Gasteiger partial charge in [-0.05, 0) is 63.1 Å². The van der Waals surface area contributed by atoms with E-state index in [0.29, 0.717) is 37.4 Å². The van der Waals surface area contributed by atoms with Crippen molar-refractivity contribution in [1.82, 2.24) is 4.90 Å². The fourth-order valence-corrected chi connectivity index (χ4v) is 4.17. The second-order valence-electron chi connectivity index (χ2n) is 7.63. The van der Waals surface area contributed by atoms with Gasteiger partial charge in [0.1, 0.15) is 6.04 Å². The Kier molecular flexibility index (Phi) is 5.91. The minimum absolute atomic E-state index is 0.213. The highest BCUT2D eigenvalue weighted by atomic mass is 16.5. The largest absolute Gasteiger partial charge is 0.493 e. The van der Waals surface area contributed by atoms with Crippen LogP contribution in [0.25, 0.3) is 0 Å². The van der Waals surface area contributed by atoms with E-state index in [1.807, 2.05) is 23.1 Å². The molecule has 1 heterocycles. The number of benzene rings is 1. The van der Waals surface area contributed by atoms with Gasteiger partial charge in [-0.15, -0.1) is 0 Å². The van der Waals surface area contributed by atoms with Crippen molar-refractivity contribution < 1.29 is 19.4 Å². The summed E-state index contributed by atoms with van der Waals surface area (Å²) < 4.78 is 11.6. The van der Waals surface area contributed by atoms with Crippen molar-refractivity contribution in [3.05, 3.63) is 23.8 Å². The molecule has 0 bridgehead atoms. The van der Waals surface area contributed by atoms with Crippen LogP contribution in [0, 0.1) is 11.3 Å². The zero-order valence-electron chi connectivity index (χ0n) is 16.1. The fourth-order valence-electron chi connectivity index (χ4n) is 4.17. The van der Waals surface area contributed by atoms with Gasteiger partial charge in [-0.3, -0.25) is 9.69 Å². The Morgan fingerprint density at radius 1 is 1.30 bits per heavy atom. The van der Waals surface area contributed by atoms with Gasteiger partial charge in [0.2, 0.25) is 0 Å². The summed E-state index contributed by atoms with van der Waals surface area (Å²) in [7, 11) is 1.63. The summed E-state index contributed by atoms with van der Waals surface area (Å²) in [4.78, 5) is 13.2. The molecule has 0 aromatic heterocycles. The number of hydrogen-bond donors (Lipinski definition) is 1. The number of piperidine rings is 1. The predicted molar refractivity (Wildman–Crippen MR) is 101 cm³/mol. The van der Waals surface area contributed by atoms with Gasteiger partial charge in [-0.1, -0.05) is 6.07 Å². The van der Waals surface area contributed by atoms with Crippen molar-refractivity contribution in [1.29, 1.82) is 5.26 Å². The molecule has 6 heteroatoms. The van der Waals surface area contributed by atoms with Crippen molar-refractivity contribution in [2.24, 2.45) is 0 Å². The normalized spacial score (nSPS) is 21.4. The zero-order chi connectivity index (χ0) is 19.4. The topological polar surface area (TPSA) is 82.8 Å². The molecule has 146 valence electrons. The van der Waals surface area contributed by atoms with E-state index in [9.17, 15) is 15.2 Å². The molecule has 0 radical (unpaired) electrons. The molecular formula is C21H28N2O4. The van der Waals surface area contributed by atoms with Crippen LogP contribution in [0.4, 0.5) is 0 Å². The van der Waals surface area contributed by atoms with E-state index in [-0.39, 0.29) is 6.10 Å². The summed E-state index contributed by atoms with van der Waals surface area (Å²) in [5, 5.41) is 19.2. The van der Waals surface area contributed by atoms with Crippen LogP contribution in [0.3, 0.4) is 0 Å². The van der Waals surface area contributed by atoms with E-state index in [1.54, 1.807) is 14.0 Å². The van der Waals surface area contributed by atoms with Crippen LogP contribution < -0.4 is 9.47 Å². The molecule has 0 amide bonds. The molecule has 6 nitrogen and oxygen atoms in total. The van der Waals surface area contributed by atoms with Crippen molar-refractivity contribution >= 4 is 5.97 Å². The number of likely N-dealkylation sites (tertiary alicyclic amines) is 1. The summed E-state index contributed by atoms with van der Waals surface area (Å²) in [5.41, 5.74) is 0.316. The van der Waals surface area contributed by atoms with Crippen LogP contribution in [0.1, 0.15) is 51.0 Å². The van der Waals surface area contributed by atoms with Gasteiger partial charge in [0, 0.05) is 13.1 Å². The van der Waals surface area contributed by atoms with Crippen LogP contribution in [-0.2, 0) is 10.2 Å². The number of methoxy groups -OCH3 is 1. The van der Waals surface area contributed by atoms with Gasteiger partial charge in [0.15, 0.2) is 11.5 Å². The number of nitrogens with zero attached hydrogens (tertiary/aromatic N) is 2. The van der Waals surface area contributed by atoms with E-state index in [2.05, 4.69) is 6.07 Å². The first kappa shape index (κ1) is 19.5. The first-order valence-corrected chi connectivity index (χ1v) is 9.72. The van der Waals surface area contributed by atoms with E-state index in [1.165, 1.54) is 12.8 Å². The van der Waals surface area contributed by atoms with Gasteiger partial charge in [0.25, 0.3) is 0 Å². The third-order valence-electron chi connectivity index (χ3n) is 6.08. The molecule has 1 aliphatic carbocycles. The summed E-state index contributed by atoms with van der Waals surface area (Å²) in [6.45, 7) is 2.88. The Labute approximate surface area is 160 Å². The van der Waals surface area contributed by atoms with E-state index in [4.69, 9.17) is 9.47 Å². The zero-order valence-corrected chi connectivity index (χ0v) is 16.1. The lowest BCUT2D eigenvalue weighted by atomic mass is 9.73. The highest BCUT2D eigenvalue weighted by Crippen LogP contribution is 2.40. The van der Waals surface area contributed by atoms with Crippen LogP contribution in [-0.4, -0.2) is 48.3 Å². The lowest BCUT2D eigenvalue weighted by molar-refractivity contribution is -0.143. The minimum Gasteiger partial charge on any atom is -0.493 e. The van der Waals surface area contributed by atoms with Gasteiger partial charge < -0.3 is 14.6 Å². The smallest absolute Gasteiger partial charge is 0.320 e. The molecule has 1 saturated heterocycles. The van der Waals surface area contributed by atoms with E-state index in [0.717, 1.165) is 18.4 Å². The van der Waals surface area contributed by atoms with Gasteiger partial charge in [0.05, 0.1) is 24.7 Å². The van der Waals surface area contributed by atoms with E-state index < -0.39 is 17.4 Å². The SMILES string of the molecule is COc1ccc(C2(C#N)CCN([C@@H](C)C(=O)O)CC2)cc1OC1CCCC1. The van der Waals surface area contributed by atoms with Crippen molar-refractivity contribution in [3.63, 3.8) is 0 Å². The van der Waals surface area contributed by atoms with E-state index >= 15 is 0 Å². The van der Waals surface area contributed by atoms with Crippen LogP contribution in [0.15, 0.2) is 18.2 Å². The quantitative estimate of drug-likeness (QED) is 0.825. The Morgan fingerprint density at radius 3 is 2.52 bits per heavy atom. The minimum atomic E-state index is -0.823. The monoisotopic (exact) mass is 372 g/mol. The molecule has 1 saturated carbocycles. The van der Waals surface area contributed by atoms with Crippen LogP contribution in [0.5, 0.6) is 11.5 Å². The molecule has 27 heavy (non-hydrogen) atoms. The molecule has 2 aliphatic rings. The second-order valence-corrected chi connectivity index (χ2v) is 7.63. The first-order chi connectivity index (χ1) is 13.0. The molecule has 1 atom stereocenters. The van der Waals surface area contributed by atoms with Gasteiger partial charge in [-0.25, -0.2) is 0 Å². The highest BCUT2D eigenvalue weighted by molar-refractivity contribution is 5.72. The molecular weight excluding hydrogens is 344 g/mol. The predicted octanol–water partition coefficient (Wildman–Crippen LogP) is 3.35. The van der Waals surface area contributed by atoms with Crippen molar-refractivity contribution in [2.45, 2.75) is 63.0 Å². The summed E-state index contributed by atoms with van der Waals surface area (Å²) in [6.07, 6.45) is 5.91. The average Bonchev–Trinajstić information content (AvgIpc) is 3.20. The standard InChI is InChI=1S/C21H28N2O4/c1-15(20(24)25)23-11-9-21(14-22,10-12-23)16-7-8-18(26-2)19(13-16)27-17-5-3-4-6-17/h7-8,13,15,17H,3-6,9-12H2,1-2H3,(H,24,25)/t15-/m0/s1. The molecule has 1 aromatic carbocycles. The Balaban J connectivity index is 1.81. The number of carboxylic acids is 1. The number of nitriles is 1. The average molecular weight is 372 g/mol. The lowest BCUT2D eigenvalue weighted by Crippen LogP contribution is -2.48. The molecule has 2 fully saturated rings. The molecule has 0 unspecified atom stereocenters. The molecule has 1 N–H and O–H groups in total. The second kappa shape index (κ2) is 8.18. The van der Waals surface area contributed by atoms with Crippen LogP contribution in [0.2, 0.25) is 0 Å². The number of carboxylic acid groups (broad SMARTS) is 1. The molecule has 1 aliphatic heterocycles. The summed E-state index contributed by atoms with van der Waals surface area (Å²) in [5.74, 6) is 0.574.